The van der Waals surface area contributed by atoms with E-state index in [1.54, 1.807) is 18.4 Å². The molecule has 1 N–H and O–H groups in total. The van der Waals surface area contributed by atoms with Crippen LogP contribution in [0.1, 0.15) is 11.3 Å². The summed E-state index contributed by atoms with van der Waals surface area (Å²) in [5, 5.41) is 9.70. The molecule has 0 aliphatic rings. The first-order valence-electron chi connectivity index (χ1n) is 4.46. The van der Waals surface area contributed by atoms with Gasteiger partial charge in [-0.05, 0) is 46.3 Å². The van der Waals surface area contributed by atoms with E-state index in [0.717, 1.165) is 11.3 Å². The molecule has 2 nitrogen and oxygen atoms in total. The van der Waals surface area contributed by atoms with Crippen LogP contribution < -0.4 is 0 Å². The van der Waals surface area contributed by atoms with E-state index in [4.69, 9.17) is 4.42 Å². The lowest BCUT2D eigenvalue weighted by atomic mass is 10.2. The van der Waals surface area contributed by atoms with Gasteiger partial charge in [-0.1, -0.05) is 12.1 Å². The van der Waals surface area contributed by atoms with E-state index >= 15 is 0 Å². The lowest BCUT2D eigenvalue weighted by Gasteiger charge is -2.00. The van der Waals surface area contributed by atoms with Crippen molar-refractivity contribution < 1.29 is 9.52 Å². The van der Waals surface area contributed by atoms with Crippen LogP contribution in [0.5, 0.6) is 5.75 Å². The zero-order valence-corrected chi connectivity index (χ0v) is 9.44. The fraction of sp³-hybridized carbons (Fsp3) is 0. The van der Waals surface area contributed by atoms with Crippen molar-refractivity contribution in [2.75, 3.05) is 0 Å². The number of phenols is 1. The third-order valence-electron chi connectivity index (χ3n) is 1.99. The van der Waals surface area contributed by atoms with Gasteiger partial charge in [0.2, 0.25) is 0 Å². The van der Waals surface area contributed by atoms with Gasteiger partial charge in [0.25, 0.3) is 0 Å². The molecule has 0 fully saturated rings. The molecule has 0 unspecified atom stereocenters. The summed E-state index contributed by atoms with van der Waals surface area (Å²) in [5.41, 5.74) is 0.751. The predicted octanol–water partition coefficient (Wildman–Crippen LogP) is 3.92. The van der Waals surface area contributed by atoms with Crippen LogP contribution >= 0.6 is 15.9 Å². The number of rotatable bonds is 2. The highest BCUT2D eigenvalue weighted by Gasteiger charge is 2.00. The van der Waals surface area contributed by atoms with Crippen molar-refractivity contribution in [3.63, 3.8) is 0 Å². The lowest BCUT2D eigenvalue weighted by molar-refractivity contribution is 0.470. The summed E-state index contributed by atoms with van der Waals surface area (Å²) in [7, 11) is 0. The number of phenolic OH excluding ortho intramolecular Hbond substituents is 1. The van der Waals surface area contributed by atoms with Crippen molar-refractivity contribution in [1.82, 2.24) is 0 Å². The third-order valence-corrected chi connectivity index (χ3v) is 2.63. The summed E-state index contributed by atoms with van der Waals surface area (Å²) in [6.07, 6.45) is 5.22. The number of furan rings is 1. The summed E-state index contributed by atoms with van der Waals surface area (Å²) < 4.78 is 5.83. The fourth-order valence-electron chi connectivity index (χ4n) is 1.22. The van der Waals surface area contributed by atoms with Crippen LogP contribution in [-0.4, -0.2) is 5.11 Å². The molecule has 15 heavy (non-hydrogen) atoms. The topological polar surface area (TPSA) is 33.4 Å². The van der Waals surface area contributed by atoms with Gasteiger partial charge in [0.05, 0.1) is 10.7 Å². The molecule has 2 rings (SSSR count). The quantitative estimate of drug-likeness (QED) is 0.892. The Hall–Kier alpha value is -1.48. The normalized spacial score (nSPS) is 11.0. The van der Waals surface area contributed by atoms with Crippen LogP contribution in [0.25, 0.3) is 12.2 Å². The molecule has 0 radical (unpaired) electrons. The number of hydrogen-bond donors (Lipinski definition) is 1. The molecule has 76 valence electrons. The molecule has 0 bridgehead atoms. The maximum absolute atomic E-state index is 9.70. The second-order valence-electron chi connectivity index (χ2n) is 3.03. The van der Waals surface area contributed by atoms with E-state index in [0.29, 0.717) is 4.47 Å². The molecule has 0 saturated heterocycles. The molecule has 0 aliphatic carbocycles. The first-order chi connectivity index (χ1) is 7.27. The van der Waals surface area contributed by atoms with E-state index < -0.39 is 0 Å². The van der Waals surface area contributed by atoms with Gasteiger partial charge in [0.15, 0.2) is 0 Å². The highest BCUT2D eigenvalue weighted by Crippen LogP contribution is 2.28. The average Bonchev–Trinajstić information content (AvgIpc) is 2.73. The van der Waals surface area contributed by atoms with Gasteiger partial charge in [0, 0.05) is 5.56 Å². The standard InChI is InChI=1S/C12H9BrO2/c13-11-5-1-3-9(12(11)14)6-7-10-4-2-8-15-10/h1-8,14H. The maximum atomic E-state index is 9.70. The minimum atomic E-state index is 0.236. The van der Waals surface area contributed by atoms with Crippen LogP contribution in [0.15, 0.2) is 45.5 Å². The Labute approximate surface area is 96.0 Å². The van der Waals surface area contributed by atoms with Crippen LogP contribution in [0.2, 0.25) is 0 Å². The minimum absolute atomic E-state index is 0.236. The van der Waals surface area contributed by atoms with E-state index in [-0.39, 0.29) is 5.75 Å². The smallest absolute Gasteiger partial charge is 0.136 e. The number of halogens is 1. The van der Waals surface area contributed by atoms with Crippen LogP contribution in [0.3, 0.4) is 0 Å². The van der Waals surface area contributed by atoms with Crippen molar-refractivity contribution in [1.29, 1.82) is 0 Å². The Balaban J connectivity index is 2.28. The molecule has 0 atom stereocenters. The molecule has 2 aromatic rings. The monoisotopic (exact) mass is 264 g/mol. The summed E-state index contributed by atoms with van der Waals surface area (Å²) >= 11 is 3.26. The van der Waals surface area contributed by atoms with Gasteiger partial charge in [-0.15, -0.1) is 0 Å². The van der Waals surface area contributed by atoms with Crippen molar-refractivity contribution in [2.45, 2.75) is 0 Å². The Morgan fingerprint density at radius 1 is 1.13 bits per heavy atom. The molecule has 3 heteroatoms. The van der Waals surface area contributed by atoms with Gasteiger partial charge in [-0.3, -0.25) is 0 Å². The molecule has 0 aliphatic heterocycles. The molecule has 0 saturated carbocycles. The zero-order valence-electron chi connectivity index (χ0n) is 7.85. The summed E-state index contributed by atoms with van der Waals surface area (Å²) in [6.45, 7) is 0. The molecular weight excluding hydrogens is 256 g/mol. The first-order valence-corrected chi connectivity index (χ1v) is 5.26. The van der Waals surface area contributed by atoms with E-state index in [2.05, 4.69) is 15.9 Å². The second kappa shape index (κ2) is 4.36. The predicted molar refractivity (Wildman–Crippen MR) is 63.4 cm³/mol. The number of para-hydroxylation sites is 1. The number of benzene rings is 1. The van der Waals surface area contributed by atoms with Crippen molar-refractivity contribution in [2.24, 2.45) is 0 Å². The van der Waals surface area contributed by atoms with Gasteiger partial charge in [0.1, 0.15) is 11.5 Å². The van der Waals surface area contributed by atoms with Crippen LogP contribution in [0.4, 0.5) is 0 Å². The Morgan fingerprint density at radius 3 is 2.73 bits per heavy atom. The summed E-state index contributed by atoms with van der Waals surface area (Å²) in [5.74, 6) is 0.995. The molecule has 1 aromatic heterocycles. The van der Waals surface area contributed by atoms with Gasteiger partial charge in [-0.2, -0.15) is 0 Å². The van der Waals surface area contributed by atoms with E-state index in [9.17, 15) is 5.11 Å². The lowest BCUT2D eigenvalue weighted by Crippen LogP contribution is -1.75. The molecule has 1 heterocycles. The van der Waals surface area contributed by atoms with Crippen LogP contribution in [0, 0.1) is 0 Å². The molecule has 0 amide bonds. The highest BCUT2D eigenvalue weighted by atomic mass is 79.9. The summed E-state index contributed by atoms with van der Waals surface area (Å²) in [6, 6.07) is 9.16. The maximum Gasteiger partial charge on any atom is 0.136 e. The van der Waals surface area contributed by atoms with Crippen molar-refractivity contribution >= 4 is 28.1 Å². The van der Waals surface area contributed by atoms with E-state index in [1.165, 1.54) is 0 Å². The number of aromatic hydroxyl groups is 1. The van der Waals surface area contributed by atoms with Crippen molar-refractivity contribution in [3.8, 4) is 5.75 Å². The van der Waals surface area contributed by atoms with Gasteiger partial charge in [-0.25, -0.2) is 0 Å². The third kappa shape index (κ3) is 2.30. The second-order valence-corrected chi connectivity index (χ2v) is 3.88. The Bertz CT molecular complexity index is 472. The zero-order chi connectivity index (χ0) is 10.7. The largest absolute Gasteiger partial charge is 0.506 e. The van der Waals surface area contributed by atoms with Gasteiger partial charge >= 0.3 is 0 Å². The Morgan fingerprint density at radius 2 is 2.00 bits per heavy atom. The highest BCUT2D eigenvalue weighted by molar-refractivity contribution is 9.10. The van der Waals surface area contributed by atoms with E-state index in [1.807, 2.05) is 30.3 Å². The number of hydrogen-bond acceptors (Lipinski definition) is 2. The van der Waals surface area contributed by atoms with Crippen molar-refractivity contribution in [3.05, 3.63) is 52.4 Å². The minimum Gasteiger partial charge on any atom is -0.506 e. The fourth-order valence-corrected chi connectivity index (χ4v) is 1.61. The molecule has 1 aromatic carbocycles. The Kier molecular flexibility index (Phi) is 2.92. The average molecular weight is 265 g/mol. The van der Waals surface area contributed by atoms with Crippen LogP contribution in [-0.2, 0) is 0 Å². The molecular formula is C12H9BrO2. The first kappa shape index (κ1) is 10.1. The molecule has 0 spiro atoms. The van der Waals surface area contributed by atoms with Gasteiger partial charge < -0.3 is 9.52 Å². The SMILES string of the molecule is Oc1c(Br)cccc1C=Cc1ccco1. The summed E-state index contributed by atoms with van der Waals surface area (Å²) in [4.78, 5) is 0.